The SMILES string of the molecule is C=C1C(c2ccccc2)=NC(c2ccc3ccccc3c2)=NC1c1cc(-n2c3cc4ccccc4cc3c3ccc4ccccc4c32)cc2c1oc1ccccc12. The predicted molar refractivity (Wildman–Crippen MR) is 238 cm³/mol. The lowest BCUT2D eigenvalue weighted by atomic mass is 9.90. The van der Waals surface area contributed by atoms with Gasteiger partial charge in [0.15, 0.2) is 5.84 Å². The lowest BCUT2D eigenvalue weighted by molar-refractivity contribution is 0.658. The molecule has 266 valence electrons. The Balaban J connectivity index is 1.18. The Hall–Kier alpha value is -7.56. The van der Waals surface area contributed by atoms with Crippen molar-refractivity contribution in [1.82, 2.24) is 4.57 Å². The van der Waals surface area contributed by atoms with E-state index in [1.807, 2.05) is 12.1 Å². The normalized spacial score (nSPS) is 14.7. The molecule has 0 saturated carbocycles. The van der Waals surface area contributed by atoms with E-state index in [1.165, 1.54) is 43.2 Å². The summed E-state index contributed by atoms with van der Waals surface area (Å²) >= 11 is 0. The van der Waals surface area contributed by atoms with Gasteiger partial charge < -0.3 is 8.98 Å². The van der Waals surface area contributed by atoms with E-state index in [9.17, 15) is 0 Å². The number of amidine groups is 1. The highest BCUT2D eigenvalue weighted by molar-refractivity contribution is 6.23. The Labute approximate surface area is 328 Å². The quantitative estimate of drug-likeness (QED) is 0.178. The molecule has 11 aromatic rings. The van der Waals surface area contributed by atoms with Crippen LogP contribution in [-0.4, -0.2) is 16.1 Å². The number of hydrogen-bond donors (Lipinski definition) is 0. The van der Waals surface area contributed by atoms with E-state index in [0.717, 1.165) is 66.5 Å². The summed E-state index contributed by atoms with van der Waals surface area (Å²) in [6, 6.07) is 64.2. The summed E-state index contributed by atoms with van der Waals surface area (Å²) in [5.41, 5.74) is 9.54. The number of hydrogen-bond acceptors (Lipinski definition) is 3. The van der Waals surface area contributed by atoms with Gasteiger partial charge in [-0.05, 0) is 63.3 Å². The van der Waals surface area contributed by atoms with Crippen molar-refractivity contribution in [3.8, 4) is 5.69 Å². The van der Waals surface area contributed by atoms with Crippen LogP contribution in [-0.2, 0) is 0 Å². The van der Waals surface area contributed by atoms with Crippen molar-refractivity contribution in [1.29, 1.82) is 0 Å². The molecule has 1 aliphatic rings. The average molecular weight is 728 g/mol. The summed E-state index contributed by atoms with van der Waals surface area (Å²) in [6.45, 7) is 4.75. The van der Waals surface area contributed by atoms with Gasteiger partial charge in [0, 0.05) is 54.9 Å². The minimum Gasteiger partial charge on any atom is -0.456 e. The molecule has 0 fully saturated rings. The van der Waals surface area contributed by atoms with Crippen LogP contribution in [0.1, 0.15) is 22.7 Å². The third kappa shape index (κ3) is 4.87. The molecule has 1 aliphatic heterocycles. The molecule has 0 aliphatic carbocycles. The van der Waals surface area contributed by atoms with Gasteiger partial charge >= 0.3 is 0 Å². The number of rotatable bonds is 4. The number of nitrogens with zero attached hydrogens (tertiary/aromatic N) is 3. The predicted octanol–water partition coefficient (Wildman–Crippen LogP) is 13.7. The molecule has 9 aromatic carbocycles. The molecule has 12 rings (SSSR count). The zero-order valence-corrected chi connectivity index (χ0v) is 30.9. The van der Waals surface area contributed by atoms with Crippen molar-refractivity contribution < 1.29 is 4.42 Å². The second-order valence-electron chi connectivity index (χ2n) is 15.0. The Morgan fingerprint density at radius 1 is 0.491 bits per heavy atom. The summed E-state index contributed by atoms with van der Waals surface area (Å²) in [6.07, 6.45) is 0. The minimum atomic E-state index is -0.479. The van der Waals surface area contributed by atoms with E-state index >= 15 is 0 Å². The average Bonchev–Trinajstić information content (AvgIpc) is 3.81. The molecule has 0 bridgehead atoms. The number of aromatic nitrogens is 1. The number of para-hydroxylation sites is 1. The smallest absolute Gasteiger partial charge is 0.156 e. The lowest BCUT2D eigenvalue weighted by Gasteiger charge is -2.25. The van der Waals surface area contributed by atoms with Gasteiger partial charge in [-0.2, -0.15) is 0 Å². The first-order valence-electron chi connectivity index (χ1n) is 19.4. The maximum Gasteiger partial charge on any atom is 0.156 e. The molecule has 4 heteroatoms. The van der Waals surface area contributed by atoms with Gasteiger partial charge in [0.1, 0.15) is 17.2 Å². The van der Waals surface area contributed by atoms with Gasteiger partial charge in [-0.1, -0.05) is 152 Å². The van der Waals surface area contributed by atoms with Gasteiger partial charge in [0.25, 0.3) is 0 Å². The summed E-state index contributed by atoms with van der Waals surface area (Å²) in [5.74, 6) is 0.668. The van der Waals surface area contributed by atoms with Gasteiger partial charge in [-0.15, -0.1) is 0 Å². The van der Waals surface area contributed by atoms with Gasteiger partial charge in [-0.3, -0.25) is 4.99 Å². The fraction of sp³-hybridized carbons (Fsp3) is 0.0189. The molecule has 0 amide bonds. The summed E-state index contributed by atoms with van der Waals surface area (Å²) < 4.78 is 9.29. The van der Waals surface area contributed by atoms with Crippen LogP contribution in [0.3, 0.4) is 0 Å². The van der Waals surface area contributed by atoms with E-state index < -0.39 is 6.04 Å². The van der Waals surface area contributed by atoms with Crippen molar-refractivity contribution in [2.45, 2.75) is 6.04 Å². The van der Waals surface area contributed by atoms with Crippen LogP contribution in [0.5, 0.6) is 0 Å². The van der Waals surface area contributed by atoms with Crippen molar-refractivity contribution in [2.75, 3.05) is 0 Å². The van der Waals surface area contributed by atoms with Gasteiger partial charge in [0.05, 0.1) is 16.7 Å². The van der Waals surface area contributed by atoms with Crippen LogP contribution in [0, 0.1) is 0 Å². The molecule has 4 nitrogen and oxygen atoms in total. The van der Waals surface area contributed by atoms with Crippen molar-refractivity contribution >= 4 is 87.6 Å². The molecule has 1 atom stereocenters. The summed E-state index contributed by atoms with van der Waals surface area (Å²) in [4.78, 5) is 10.8. The zero-order chi connectivity index (χ0) is 37.6. The van der Waals surface area contributed by atoms with Crippen LogP contribution in [0.25, 0.3) is 81.7 Å². The van der Waals surface area contributed by atoms with Gasteiger partial charge in [-0.25, -0.2) is 4.99 Å². The number of fused-ring (bicyclic) bond motifs is 10. The van der Waals surface area contributed by atoms with Gasteiger partial charge in [0.2, 0.25) is 0 Å². The molecule has 0 N–H and O–H groups in total. The zero-order valence-electron chi connectivity index (χ0n) is 30.9. The fourth-order valence-electron chi connectivity index (χ4n) is 9.01. The minimum absolute atomic E-state index is 0.479. The second kappa shape index (κ2) is 12.2. The van der Waals surface area contributed by atoms with E-state index in [-0.39, 0.29) is 0 Å². The van der Waals surface area contributed by atoms with Crippen LogP contribution in [0.15, 0.2) is 209 Å². The molecule has 1 unspecified atom stereocenters. The van der Waals surface area contributed by atoms with Crippen LogP contribution in [0.2, 0.25) is 0 Å². The molecular weight excluding hydrogens is 695 g/mol. The summed E-state index contributed by atoms with van der Waals surface area (Å²) in [7, 11) is 0. The highest BCUT2D eigenvalue weighted by Gasteiger charge is 2.30. The number of aliphatic imine (C=N–C) groups is 2. The monoisotopic (exact) mass is 727 g/mol. The number of furan rings is 1. The maximum atomic E-state index is 6.84. The van der Waals surface area contributed by atoms with Crippen LogP contribution in [0.4, 0.5) is 0 Å². The van der Waals surface area contributed by atoms with E-state index in [1.54, 1.807) is 0 Å². The lowest BCUT2D eigenvalue weighted by Crippen LogP contribution is -2.20. The Bertz CT molecular complexity index is 3550. The second-order valence-corrected chi connectivity index (χ2v) is 15.0. The topological polar surface area (TPSA) is 42.8 Å². The fourth-order valence-corrected chi connectivity index (χ4v) is 9.01. The molecule has 2 aromatic heterocycles. The Morgan fingerprint density at radius 3 is 1.98 bits per heavy atom. The molecule has 0 radical (unpaired) electrons. The largest absolute Gasteiger partial charge is 0.456 e. The maximum absolute atomic E-state index is 6.84. The number of benzene rings is 9. The molecule has 57 heavy (non-hydrogen) atoms. The first-order chi connectivity index (χ1) is 28.2. The molecule has 0 spiro atoms. The summed E-state index contributed by atoms with van der Waals surface area (Å²) in [5, 5.41) is 11.6. The molecule has 3 heterocycles. The van der Waals surface area contributed by atoms with Crippen LogP contribution >= 0.6 is 0 Å². The van der Waals surface area contributed by atoms with E-state index in [0.29, 0.717) is 5.84 Å². The third-order valence-electron chi connectivity index (χ3n) is 11.7. The van der Waals surface area contributed by atoms with E-state index in [4.69, 9.17) is 21.0 Å². The first kappa shape index (κ1) is 31.8. The van der Waals surface area contributed by atoms with Crippen LogP contribution < -0.4 is 0 Å². The van der Waals surface area contributed by atoms with Crippen molar-refractivity contribution in [3.63, 3.8) is 0 Å². The highest BCUT2D eigenvalue weighted by atomic mass is 16.3. The highest BCUT2D eigenvalue weighted by Crippen LogP contribution is 2.44. The van der Waals surface area contributed by atoms with E-state index in [2.05, 4.69) is 174 Å². The van der Waals surface area contributed by atoms with Crippen molar-refractivity contribution in [3.05, 3.63) is 211 Å². The standard InChI is InChI=1S/C53H33N3O/c1-32-49(35-15-3-2-4-16-35)54-53(39-24-23-33-13-5-6-17-36(33)27-39)55-50(32)46-31-40(30-45-42-21-11-12-22-48(42)57-52(45)46)56-47-29-38-19-8-7-18-37(38)28-44(47)43-26-25-34-14-9-10-20-41(34)51(43)56/h2-31,50H,1H2. The van der Waals surface area contributed by atoms with Crippen molar-refractivity contribution in [2.24, 2.45) is 9.98 Å². The molecule has 0 saturated heterocycles. The Kier molecular flexibility index (Phi) is 6.81. The first-order valence-corrected chi connectivity index (χ1v) is 19.4. The molecular formula is C53H33N3O. The Morgan fingerprint density at radius 2 is 1.16 bits per heavy atom. The third-order valence-corrected chi connectivity index (χ3v) is 11.7.